The van der Waals surface area contributed by atoms with E-state index < -0.39 is 0 Å². The highest BCUT2D eigenvalue weighted by molar-refractivity contribution is 5.37. The van der Waals surface area contributed by atoms with Crippen molar-refractivity contribution < 1.29 is 0 Å². The number of pyridine rings is 1. The summed E-state index contributed by atoms with van der Waals surface area (Å²) in [4.78, 5) is 6.71. The van der Waals surface area contributed by atoms with E-state index >= 15 is 0 Å². The van der Waals surface area contributed by atoms with Crippen molar-refractivity contribution in [1.29, 1.82) is 0 Å². The summed E-state index contributed by atoms with van der Waals surface area (Å²) in [6.45, 7) is 0. The molecule has 76 valence electrons. The largest absolute Gasteiger partial charge is 0.357 e. The second kappa shape index (κ2) is 4.45. The van der Waals surface area contributed by atoms with Crippen LogP contribution in [0.5, 0.6) is 0 Å². The third kappa shape index (κ3) is 2.06. The van der Waals surface area contributed by atoms with E-state index in [1.54, 1.807) is 0 Å². The topological polar surface area (TPSA) is 16.1 Å². The quantitative estimate of drug-likeness (QED) is 0.713. The van der Waals surface area contributed by atoms with Gasteiger partial charge in [-0.1, -0.05) is 25.3 Å². The van der Waals surface area contributed by atoms with Crippen LogP contribution in [0.15, 0.2) is 24.4 Å². The van der Waals surface area contributed by atoms with Gasteiger partial charge in [-0.2, -0.15) is 0 Å². The van der Waals surface area contributed by atoms with E-state index in [9.17, 15) is 0 Å². The van der Waals surface area contributed by atoms with Gasteiger partial charge in [-0.25, -0.2) is 4.98 Å². The minimum atomic E-state index is 0.707. The predicted molar refractivity (Wildman–Crippen MR) is 59.5 cm³/mol. The maximum atomic E-state index is 4.38. The molecular weight excluding hydrogens is 172 g/mol. The van der Waals surface area contributed by atoms with Crippen LogP contribution in [0.4, 0.5) is 5.82 Å². The number of hydrogen-bond acceptors (Lipinski definition) is 2. The van der Waals surface area contributed by atoms with Crippen molar-refractivity contribution in [2.75, 3.05) is 11.9 Å². The Balaban J connectivity index is 2.03. The van der Waals surface area contributed by atoms with Crippen LogP contribution in [0.25, 0.3) is 0 Å². The zero-order chi connectivity index (χ0) is 9.80. The molecule has 2 nitrogen and oxygen atoms in total. The lowest BCUT2D eigenvalue weighted by molar-refractivity contribution is 0.426. The molecule has 0 spiro atoms. The first-order valence-electron chi connectivity index (χ1n) is 5.52. The normalized spacial score (nSPS) is 18.1. The van der Waals surface area contributed by atoms with E-state index in [-0.39, 0.29) is 0 Å². The SMILES string of the molecule is CN(c1ccccn1)C1CCCCC1. The van der Waals surface area contributed by atoms with E-state index in [2.05, 4.69) is 29.1 Å². The summed E-state index contributed by atoms with van der Waals surface area (Å²) in [5, 5.41) is 0. The molecule has 0 bridgehead atoms. The maximum absolute atomic E-state index is 4.38. The van der Waals surface area contributed by atoms with Gasteiger partial charge in [0.15, 0.2) is 0 Å². The molecule has 0 saturated heterocycles. The summed E-state index contributed by atoms with van der Waals surface area (Å²) in [5.74, 6) is 1.11. The van der Waals surface area contributed by atoms with E-state index in [0.29, 0.717) is 6.04 Å². The number of nitrogens with zero attached hydrogens (tertiary/aromatic N) is 2. The Kier molecular flexibility index (Phi) is 3.02. The molecule has 0 N–H and O–H groups in total. The summed E-state index contributed by atoms with van der Waals surface area (Å²) < 4.78 is 0. The standard InChI is InChI=1S/C12H18N2/c1-14(11-7-3-2-4-8-11)12-9-5-6-10-13-12/h5-6,9-11H,2-4,7-8H2,1H3. The number of rotatable bonds is 2. The van der Waals surface area contributed by atoms with Crippen LogP contribution in [0.3, 0.4) is 0 Å². The van der Waals surface area contributed by atoms with Crippen LogP contribution < -0.4 is 4.90 Å². The second-order valence-corrected chi connectivity index (χ2v) is 4.09. The Morgan fingerprint density at radius 2 is 2.00 bits per heavy atom. The lowest BCUT2D eigenvalue weighted by Gasteiger charge is -2.31. The van der Waals surface area contributed by atoms with Crippen molar-refractivity contribution in [1.82, 2.24) is 4.98 Å². The molecule has 1 aliphatic carbocycles. The number of anilines is 1. The van der Waals surface area contributed by atoms with Crippen LogP contribution >= 0.6 is 0 Å². The first-order chi connectivity index (χ1) is 6.88. The van der Waals surface area contributed by atoms with Gasteiger partial charge in [0.05, 0.1) is 0 Å². The molecule has 1 aromatic rings. The Labute approximate surface area is 86.0 Å². The summed E-state index contributed by atoms with van der Waals surface area (Å²) in [7, 11) is 2.16. The lowest BCUT2D eigenvalue weighted by atomic mass is 9.94. The maximum Gasteiger partial charge on any atom is 0.128 e. The van der Waals surface area contributed by atoms with Gasteiger partial charge in [0.1, 0.15) is 5.82 Å². The van der Waals surface area contributed by atoms with Gasteiger partial charge >= 0.3 is 0 Å². The van der Waals surface area contributed by atoms with Crippen molar-refractivity contribution in [3.8, 4) is 0 Å². The van der Waals surface area contributed by atoms with Gasteiger partial charge in [0.2, 0.25) is 0 Å². The summed E-state index contributed by atoms with van der Waals surface area (Å²) in [6.07, 6.45) is 8.69. The van der Waals surface area contributed by atoms with Crippen molar-refractivity contribution >= 4 is 5.82 Å². The van der Waals surface area contributed by atoms with Crippen LogP contribution in [0.1, 0.15) is 32.1 Å². The van der Waals surface area contributed by atoms with Crippen LogP contribution in [-0.4, -0.2) is 18.1 Å². The van der Waals surface area contributed by atoms with Crippen molar-refractivity contribution in [2.24, 2.45) is 0 Å². The molecule has 1 heterocycles. The fourth-order valence-corrected chi connectivity index (χ4v) is 2.22. The third-order valence-electron chi connectivity index (χ3n) is 3.13. The average molecular weight is 190 g/mol. The van der Waals surface area contributed by atoms with Crippen LogP contribution in [0.2, 0.25) is 0 Å². The second-order valence-electron chi connectivity index (χ2n) is 4.09. The molecule has 1 aromatic heterocycles. The minimum Gasteiger partial charge on any atom is -0.357 e. The van der Waals surface area contributed by atoms with Gasteiger partial charge in [0.25, 0.3) is 0 Å². The zero-order valence-corrected chi connectivity index (χ0v) is 8.82. The van der Waals surface area contributed by atoms with Crippen molar-refractivity contribution in [3.05, 3.63) is 24.4 Å². The molecule has 0 radical (unpaired) electrons. The summed E-state index contributed by atoms with van der Waals surface area (Å²) in [5.41, 5.74) is 0. The first kappa shape index (κ1) is 9.50. The zero-order valence-electron chi connectivity index (χ0n) is 8.82. The molecule has 0 aromatic carbocycles. The summed E-state index contributed by atoms with van der Waals surface area (Å²) in [6, 6.07) is 6.83. The summed E-state index contributed by atoms with van der Waals surface area (Å²) >= 11 is 0. The first-order valence-corrected chi connectivity index (χ1v) is 5.52. The number of hydrogen-bond donors (Lipinski definition) is 0. The molecule has 1 saturated carbocycles. The van der Waals surface area contributed by atoms with Gasteiger partial charge in [-0.3, -0.25) is 0 Å². The van der Waals surface area contributed by atoms with E-state index in [1.165, 1.54) is 32.1 Å². The van der Waals surface area contributed by atoms with E-state index in [1.807, 2.05) is 12.3 Å². The van der Waals surface area contributed by atoms with Crippen molar-refractivity contribution in [3.63, 3.8) is 0 Å². The Hall–Kier alpha value is -1.05. The van der Waals surface area contributed by atoms with Crippen LogP contribution in [0, 0.1) is 0 Å². The molecule has 0 amide bonds. The fourth-order valence-electron chi connectivity index (χ4n) is 2.22. The fraction of sp³-hybridized carbons (Fsp3) is 0.583. The van der Waals surface area contributed by atoms with E-state index in [0.717, 1.165) is 5.82 Å². The third-order valence-corrected chi connectivity index (χ3v) is 3.13. The van der Waals surface area contributed by atoms with Gasteiger partial charge in [-0.15, -0.1) is 0 Å². The predicted octanol–water partition coefficient (Wildman–Crippen LogP) is 2.85. The Morgan fingerprint density at radius 1 is 1.21 bits per heavy atom. The highest BCUT2D eigenvalue weighted by Crippen LogP contribution is 2.24. The smallest absolute Gasteiger partial charge is 0.128 e. The van der Waals surface area contributed by atoms with E-state index in [4.69, 9.17) is 0 Å². The lowest BCUT2D eigenvalue weighted by Crippen LogP contribution is -2.33. The monoisotopic (exact) mass is 190 g/mol. The molecule has 0 aliphatic heterocycles. The molecule has 1 aliphatic rings. The molecule has 14 heavy (non-hydrogen) atoms. The average Bonchev–Trinajstić information content (AvgIpc) is 2.30. The minimum absolute atomic E-state index is 0.707. The Morgan fingerprint density at radius 3 is 2.64 bits per heavy atom. The molecule has 2 rings (SSSR count). The molecule has 0 unspecified atom stereocenters. The van der Waals surface area contributed by atoms with Crippen molar-refractivity contribution in [2.45, 2.75) is 38.1 Å². The van der Waals surface area contributed by atoms with Gasteiger partial charge < -0.3 is 4.90 Å². The van der Waals surface area contributed by atoms with Gasteiger partial charge in [-0.05, 0) is 25.0 Å². The highest BCUT2D eigenvalue weighted by atomic mass is 15.2. The number of aromatic nitrogens is 1. The van der Waals surface area contributed by atoms with Crippen LogP contribution in [-0.2, 0) is 0 Å². The highest BCUT2D eigenvalue weighted by Gasteiger charge is 2.18. The molecular formula is C12H18N2. The molecule has 0 atom stereocenters. The Bertz CT molecular complexity index is 265. The molecule has 1 fully saturated rings. The van der Waals surface area contributed by atoms with Gasteiger partial charge in [0, 0.05) is 19.3 Å². The molecule has 2 heteroatoms.